The van der Waals surface area contributed by atoms with Crippen LogP contribution < -0.4 is 16.0 Å². The molecule has 5 N–H and O–H groups in total. The van der Waals surface area contributed by atoms with Crippen molar-refractivity contribution < 1.29 is 10.2 Å². The van der Waals surface area contributed by atoms with E-state index < -0.39 is 6.04 Å². The number of anilines is 3. The molecule has 0 aliphatic rings. The summed E-state index contributed by atoms with van der Waals surface area (Å²) in [6.07, 6.45) is 0. The molecule has 0 bridgehead atoms. The number of aliphatic hydroxyl groups is 2. The number of aromatic nitrogens is 3. The summed E-state index contributed by atoms with van der Waals surface area (Å²) in [4.78, 5) is 14.1. The summed E-state index contributed by atoms with van der Waals surface area (Å²) in [5.41, 5.74) is 5.61. The zero-order chi connectivity index (χ0) is 13.5. The Balaban J connectivity index is 2.93. The highest BCUT2D eigenvalue weighted by atomic mass is 16.3. The fourth-order valence-electron chi connectivity index (χ4n) is 1.42. The van der Waals surface area contributed by atoms with Crippen molar-refractivity contribution in [1.29, 1.82) is 0 Å². The van der Waals surface area contributed by atoms with Gasteiger partial charge in [0.1, 0.15) is 0 Å². The molecule has 0 aromatic carbocycles. The first-order chi connectivity index (χ1) is 8.64. The van der Waals surface area contributed by atoms with Gasteiger partial charge in [0, 0.05) is 13.1 Å². The van der Waals surface area contributed by atoms with Gasteiger partial charge in [0.15, 0.2) is 0 Å². The van der Waals surface area contributed by atoms with Gasteiger partial charge in [-0.1, -0.05) is 0 Å². The van der Waals surface area contributed by atoms with Gasteiger partial charge >= 0.3 is 0 Å². The third kappa shape index (κ3) is 3.67. The van der Waals surface area contributed by atoms with Crippen molar-refractivity contribution >= 4 is 17.8 Å². The highest BCUT2D eigenvalue weighted by Gasteiger charge is 2.12. The van der Waals surface area contributed by atoms with Crippen molar-refractivity contribution in [2.75, 3.05) is 42.3 Å². The maximum Gasteiger partial charge on any atom is 0.231 e. The molecule has 0 aliphatic carbocycles. The van der Waals surface area contributed by atoms with Gasteiger partial charge in [0.2, 0.25) is 17.8 Å². The minimum absolute atomic E-state index is 0.101. The Morgan fingerprint density at radius 2 is 1.78 bits per heavy atom. The first kappa shape index (κ1) is 14.4. The fourth-order valence-corrected chi connectivity index (χ4v) is 1.42. The first-order valence-corrected chi connectivity index (χ1v) is 5.89. The highest BCUT2D eigenvalue weighted by molar-refractivity contribution is 5.42. The van der Waals surface area contributed by atoms with E-state index in [0.717, 1.165) is 13.1 Å². The van der Waals surface area contributed by atoms with Crippen LogP contribution in [0.3, 0.4) is 0 Å². The number of nitrogens with two attached hydrogens (primary N) is 1. The van der Waals surface area contributed by atoms with E-state index in [1.54, 1.807) is 0 Å². The van der Waals surface area contributed by atoms with E-state index in [-0.39, 0.29) is 25.1 Å². The standard InChI is InChI=1S/C10H20N6O2/c1-3-16(4-2)10-14-8(11)13-9(15-10)12-7(5-17)6-18/h7,17-18H,3-6H2,1-2H3,(H3,11,12,13,14,15). The van der Waals surface area contributed by atoms with Crippen LogP contribution >= 0.6 is 0 Å². The summed E-state index contributed by atoms with van der Waals surface area (Å²) >= 11 is 0. The summed E-state index contributed by atoms with van der Waals surface area (Å²) in [5.74, 6) is 0.825. The van der Waals surface area contributed by atoms with E-state index in [0.29, 0.717) is 5.95 Å². The van der Waals surface area contributed by atoms with Gasteiger partial charge < -0.3 is 26.2 Å². The molecule has 0 amide bonds. The lowest BCUT2D eigenvalue weighted by atomic mass is 10.3. The van der Waals surface area contributed by atoms with E-state index in [2.05, 4.69) is 20.3 Å². The van der Waals surface area contributed by atoms with Crippen molar-refractivity contribution in [3.63, 3.8) is 0 Å². The Hall–Kier alpha value is -1.67. The number of nitrogens with one attached hydrogen (secondary N) is 1. The fraction of sp³-hybridized carbons (Fsp3) is 0.700. The van der Waals surface area contributed by atoms with Crippen LogP contribution in [0.5, 0.6) is 0 Å². The summed E-state index contributed by atoms with van der Waals surface area (Å²) in [7, 11) is 0. The second kappa shape index (κ2) is 6.92. The van der Waals surface area contributed by atoms with Crippen LogP contribution in [0.1, 0.15) is 13.8 Å². The third-order valence-corrected chi connectivity index (χ3v) is 2.46. The van der Waals surface area contributed by atoms with Gasteiger partial charge in [0.25, 0.3) is 0 Å². The number of hydrogen-bond acceptors (Lipinski definition) is 8. The molecule has 8 nitrogen and oxygen atoms in total. The molecule has 102 valence electrons. The lowest BCUT2D eigenvalue weighted by molar-refractivity contribution is 0.203. The van der Waals surface area contributed by atoms with Crippen molar-refractivity contribution in [1.82, 2.24) is 15.0 Å². The molecule has 1 aromatic heterocycles. The number of hydrogen-bond donors (Lipinski definition) is 4. The Labute approximate surface area is 106 Å². The van der Waals surface area contributed by atoms with Crippen LogP contribution in [0.15, 0.2) is 0 Å². The minimum Gasteiger partial charge on any atom is -0.394 e. The summed E-state index contributed by atoms with van der Waals surface area (Å²) in [6, 6.07) is -0.517. The lowest BCUT2D eigenvalue weighted by Gasteiger charge is -2.20. The summed E-state index contributed by atoms with van der Waals surface area (Å²) in [6.45, 7) is 5.04. The van der Waals surface area contributed by atoms with E-state index in [4.69, 9.17) is 15.9 Å². The Bertz CT molecular complexity index is 367. The average molecular weight is 256 g/mol. The maximum absolute atomic E-state index is 8.99. The van der Waals surface area contributed by atoms with Crippen LogP contribution in [0.2, 0.25) is 0 Å². The topological polar surface area (TPSA) is 120 Å². The van der Waals surface area contributed by atoms with E-state index in [1.165, 1.54) is 0 Å². The van der Waals surface area contributed by atoms with Crippen LogP contribution in [0.25, 0.3) is 0 Å². The molecule has 0 spiro atoms. The molecule has 8 heteroatoms. The van der Waals surface area contributed by atoms with Gasteiger partial charge in [-0.15, -0.1) is 0 Å². The SMILES string of the molecule is CCN(CC)c1nc(N)nc(NC(CO)CO)n1. The molecule has 18 heavy (non-hydrogen) atoms. The normalized spacial score (nSPS) is 10.7. The molecule has 0 unspecified atom stereocenters. The molecule has 1 rings (SSSR count). The largest absolute Gasteiger partial charge is 0.394 e. The number of nitrogens with zero attached hydrogens (tertiary/aromatic N) is 4. The zero-order valence-electron chi connectivity index (χ0n) is 10.7. The predicted molar refractivity (Wildman–Crippen MR) is 69.4 cm³/mol. The van der Waals surface area contributed by atoms with Crippen LogP contribution in [-0.2, 0) is 0 Å². The van der Waals surface area contributed by atoms with Crippen LogP contribution in [0.4, 0.5) is 17.8 Å². The molecule has 0 atom stereocenters. The molecule has 0 radical (unpaired) electrons. The van der Waals surface area contributed by atoms with Gasteiger partial charge in [0.05, 0.1) is 19.3 Å². The third-order valence-electron chi connectivity index (χ3n) is 2.46. The summed E-state index contributed by atoms with van der Waals surface area (Å²) in [5, 5.41) is 20.8. The Morgan fingerprint density at radius 1 is 1.17 bits per heavy atom. The number of nitrogen functional groups attached to an aromatic ring is 1. The second-order valence-corrected chi connectivity index (χ2v) is 3.70. The molecular formula is C10H20N6O2. The van der Waals surface area contributed by atoms with Gasteiger partial charge in [-0.05, 0) is 13.8 Å². The van der Waals surface area contributed by atoms with Gasteiger partial charge in [-0.3, -0.25) is 0 Å². The highest BCUT2D eigenvalue weighted by Crippen LogP contribution is 2.12. The molecule has 0 saturated heterocycles. The van der Waals surface area contributed by atoms with Gasteiger partial charge in [-0.25, -0.2) is 0 Å². The molecule has 1 aromatic rings. The van der Waals surface area contributed by atoms with Crippen molar-refractivity contribution in [3.05, 3.63) is 0 Å². The second-order valence-electron chi connectivity index (χ2n) is 3.70. The van der Waals surface area contributed by atoms with E-state index >= 15 is 0 Å². The summed E-state index contributed by atoms with van der Waals surface area (Å²) < 4.78 is 0. The molecule has 0 saturated carbocycles. The Morgan fingerprint density at radius 3 is 2.28 bits per heavy atom. The first-order valence-electron chi connectivity index (χ1n) is 5.89. The zero-order valence-corrected chi connectivity index (χ0v) is 10.7. The Kier molecular flexibility index (Phi) is 5.53. The van der Waals surface area contributed by atoms with Crippen LogP contribution in [-0.4, -0.2) is 57.5 Å². The molecule has 1 heterocycles. The molecule has 0 fully saturated rings. The molecule has 0 aliphatic heterocycles. The smallest absolute Gasteiger partial charge is 0.231 e. The number of rotatable bonds is 7. The van der Waals surface area contributed by atoms with Crippen molar-refractivity contribution in [2.24, 2.45) is 0 Å². The maximum atomic E-state index is 8.99. The molecular weight excluding hydrogens is 236 g/mol. The number of aliphatic hydroxyl groups excluding tert-OH is 2. The predicted octanol–water partition coefficient (Wildman–Crippen LogP) is -0.935. The minimum atomic E-state index is -0.517. The van der Waals surface area contributed by atoms with Crippen molar-refractivity contribution in [3.8, 4) is 0 Å². The van der Waals surface area contributed by atoms with Crippen molar-refractivity contribution in [2.45, 2.75) is 19.9 Å². The quantitative estimate of drug-likeness (QED) is 0.493. The van der Waals surface area contributed by atoms with E-state index in [9.17, 15) is 0 Å². The average Bonchev–Trinajstić information content (AvgIpc) is 2.37. The monoisotopic (exact) mass is 256 g/mol. The lowest BCUT2D eigenvalue weighted by Crippen LogP contribution is -2.30. The van der Waals surface area contributed by atoms with Crippen LogP contribution in [0, 0.1) is 0 Å². The van der Waals surface area contributed by atoms with E-state index in [1.807, 2.05) is 18.7 Å². The van der Waals surface area contributed by atoms with Gasteiger partial charge in [-0.2, -0.15) is 15.0 Å².